The quantitative estimate of drug-likeness (QED) is 0.467. The van der Waals surface area contributed by atoms with Crippen molar-refractivity contribution in [3.8, 4) is 0 Å². The third kappa shape index (κ3) is 1.64. The van der Waals surface area contributed by atoms with Gasteiger partial charge in [-0.25, -0.2) is 0 Å². The highest BCUT2D eigenvalue weighted by atomic mass is 16.2. The Bertz CT molecular complexity index is 58.6. The van der Waals surface area contributed by atoms with E-state index in [9.17, 15) is 5.11 Å². The van der Waals surface area contributed by atoms with Gasteiger partial charge >= 0.3 is 0 Å². The van der Waals surface area contributed by atoms with Crippen LogP contribution in [0.25, 0.3) is 0 Å². The zero-order valence-electron chi connectivity index (χ0n) is 3.77. The summed E-state index contributed by atoms with van der Waals surface area (Å²) in [6.45, 7) is 1.84. The lowest BCUT2D eigenvalue weighted by molar-refractivity contribution is 0.345. The molecule has 2 heteroatoms. The fraction of sp³-hybridized carbons (Fsp3) is 0.500. The minimum atomic E-state index is 0.412. The Hall–Kier alpha value is -0.660. The van der Waals surface area contributed by atoms with E-state index in [1.807, 2.05) is 6.92 Å². The van der Waals surface area contributed by atoms with Crippen molar-refractivity contribution >= 4 is 0 Å². The highest BCUT2D eigenvalue weighted by molar-refractivity contribution is 4.87. The van der Waals surface area contributed by atoms with Gasteiger partial charge in [0.25, 0.3) is 0 Å². The van der Waals surface area contributed by atoms with Gasteiger partial charge < -0.3 is 5.73 Å². The first-order valence-electron chi connectivity index (χ1n) is 1.87. The van der Waals surface area contributed by atoms with Crippen LogP contribution >= 0.6 is 0 Å². The van der Waals surface area contributed by atoms with Crippen LogP contribution in [0.1, 0.15) is 13.3 Å². The molecule has 0 bridgehead atoms. The predicted molar refractivity (Wildman–Crippen MR) is 23.2 cm³/mol. The molecule has 35 valence electrons. The summed E-state index contributed by atoms with van der Waals surface area (Å²) in [6, 6.07) is 0. The molecule has 0 amide bonds. The lowest BCUT2D eigenvalue weighted by atomic mass is 10.4. The maximum absolute atomic E-state index is 9.57. The smallest absolute Gasteiger partial charge is 0.161 e. The number of hydrogen-bond acceptors (Lipinski definition) is 1. The Kier molecular flexibility index (Phi) is 2.29. The zero-order chi connectivity index (χ0) is 4.99. The summed E-state index contributed by atoms with van der Waals surface area (Å²) in [5.74, 6) is 0. The summed E-state index contributed by atoms with van der Waals surface area (Å²) >= 11 is 0. The third-order valence-corrected chi connectivity index (χ3v) is 0.560. The summed E-state index contributed by atoms with van der Waals surface area (Å²) in [5, 5.41) is 9.57. The van der Waals surface area contributed by atoms with Gasteiger partial charge in [-0.2, -0.15) is 0 Å². The standard InChI is InChI=1S/C4H8NO/c1-2-4(5)3-6/h3H,2,5H2,1H3/b4-3-. The van der Waals surface area contributed by atoms with Gasteiger partial charge in [-0.3, -0.25) is 5.11 Å². The normalized spacial score (nSPS) is 11.8. The average Bonchev–Trinajstić information content (AvgIpc) is 1.65. The fourth-order valence-corrected chi connectivity index (χ4v) is 0.0833. The van der Waals surface area contributed by atoms with Crippen LogP contribution in [0.5, 0.6) is 0 Å². The molecule has 0 unspecified atom stereocenters. The van der Waals surface area contributed by atoms with Crippen molar-refractivity contribution in [2.45, 2.75) is 13.3 Å². The van der Waals surface area contributed by atoms with Gasteiger partial charge in [-0.15, -0.1) is 0 Å². The molecule has 2 N–H and O–H groups in total. The summed E-state index contributed by atoms with van der Waals surface area (Å²) in [7, 11) is 0. The van der Waals surface area contributed by atoms with Crippen LogP contribution < -0.4 is 5.73 Å². The van der Waals surface area contributed by atoms with Crippen molar-refractivity contribution in [3.63, 3.8) is 0 Å². The predicted octanol–water partition coefficient (Wildman–Crippen LogP) is 0.627. The van der Waals surface area contributed by atoms with Crippen LogP contribution in [0.4, 0.5) is 0 Å². The molecule has 0 atom stereocenters. The van der Waals surface area contributed by atoms with Gasteiger partial charge in [0.15, 0.2) is 6.26 Å². The van der Waals surface area contributed by atoms with E-state index in [0.29, 0.717) is 18.4 Å². The lowest BCUT2D eigenvalue weighted by Crippen LogP contribution is -1.92. The SMILES string of the molecule is CC/C(N)=C/[O]. The molecule has 0 rings (SSSR count). The molecule has 0 aromatic carbocycles. The fourth-order valence-electron chi connectivity index (χ4n) is 0.0833. The maximum atomic E-state index is 9.57. The minimum absolute atomic E-state index is 0.412. The van der Waals surface area contributed by atoms with Gasteiger partial charge in [0.05, 0.1) is 0 Å². The average molecular weight is 86.1 g/mol. The van der Waals surface area contributed by atoms with Crippen LogP contribution in [-0.4, -0.2) is 0 Å². The van der Waals surface area contributed by atoms with Gasteiger partial charge in [-0.05, 0) is 6.42 Å². The molecule has 0 aromatic rings. The molecule has 0 aliphatic carbocycles. The second-order valence-corrected chi connectivity index (χ2v) is 1.05. The lowest BCUT2D eigenvalue weighted by Gasteiger charge is -1.83. The second-order valence-electron chi connectivity index (χ2n) is 1.05. The van der Waals surface area contributed by atoms with Gasteiger partial charge in [0, 0.05) is 5.70 Å². The Morgan fingerprint density at radius 3 is 2.50 bits per heavy atom. The van der Waals surface area contributed by atoms with E-state index in [2.05, 4.69) is 0 Å². The van der Waals surface area contributed by atoms with Crippen molar-refractivity contribution in [2.24, 2.45) is 5.73 Å². The van der Waals surface area contributed by atoms with E-state index < -0.39 is 0 Å². The van der Waals surface area contributed by atoms with Crippen LogP contribution in [0.15, 0.2) is 12.0 Å². The van der Waals surface area contributed by atoms with Crippen LogP contribution in [0, 0.1) is 0 Å². The summed E-state index contributed by atoms with van der Waals surface area (Å²) in [4.78, 5) is 0. The Morgan fingerprint density at radius 1 is 2.00 bits per heavy atom. The van der Waals surface area contributed by atoms with E-state index in [4.69, 9.17) is 5.73 Å². The van der Waals surface area contributed by atoms with Crippen LogP contribution in [0.3, 0.4) is 0 Å². The van der Waals surface area contributed by atoms with E-state index in [-0.39, 0.29) is 0 Å². The topological polar surface area (TPSA) is 45.9 Å². The molecule has 6 heavy (non-hydrogen) atoms. The number of hydrogen-bond donors (Lipinski definition) is 1. The molecule has 0 saturated carbocycles. The van der Waals surface area contributed by atoms with Crippen molar-refractivity contribution in [1.29, 1.82) is 0 Å². The van der Waals surface area contributed by atoms with E-state index in [0.717, 1.165) is 0 Å². The van der Waals surface area contributed by atoms with Gasteiger partial charge in [0.1, 0.15) is 0 Å². The molecule has 0 fully saturated rings. The van der Waals surface area contributed by atoms with Crippen molar-refractivity contribution < 1.29 is 5.11 Å². The van der Waals surface area contributed by atoms with Crippen molar-refractivity contribution in [2.75, 3.05) is 0 Å². The Labute approximate surface area is 37.3 Å². The van der Waals surface area contributed by atoms with Gasteiger partial charge in [0.2, 0.25) is 0 Å². The molecule has 1 radical (unpaired) electrons. The Morgan fingerprint density at radius 2 is 2.50 bits per heavy atom. The Balaban J connectivity index is 3.22. The second kappa shape index (κ2) is 2.57. The molecule has 0 spiro atoms. The first kappa shape index (κ1) is 5.34. The molecular formula is C4H8NO. The number of rotatable bonds is 1. The van der Waals surface area contributed by atoms with Crippen molar-refractivity contribution in [1.82, 2.24) is 0 Å². The van der Waals surface area contributed by atoms with Crippen LogP contribution in [0.2, 0.25) is 0 Å². The maximum Gasteiger partial charge on any atom is 0.161 e. The van der Waals surface area contributed by atoms with Crippen molar-refractivity contribution in [3.05, 3.63) is 12.0 Å². The number of allylic oxidation sites excluding steroid dienone is 1. The summed E-state index contributed by atoms with van der Waals surface area (Å²) in [5.41, 5.74) is 5.43. The highest BCUT2D eigenvalue weighted by Crippen LogP contribution is 1.84. The molecule has 0 aliphatic rings. The zero-order valence-corrected chi connectivity index (χ0v) is 3.77. The van der Waals surface area contributed by atoms with E-state index in [1.54, 1.807) is 0 Å². The van der Waals surface area contributed by atoms with E-state index >= 15 is 0 Å². The summed E-state index contributed by atoms with van der Waals surface area (Å²) in [6.07, 6.45) is 1.32. The highest BCUT2D eigenvalue weighted by Gasteiger charge is 1.77. The molecule has 0 saturated heterocycles. The monoisotopic (exact) mass is 86.1 g/mol. The number of nitrogens with two attached hydrogens (primary N) is 1. The molecular weight excluding hydrogens is 78.0 g/mol. The summed E-state index contributed by atoms with van der Waals surface area (Å²) < 4.78 is 0. The molecule has 0 aromatic heterocycles. The minimum Gasteiger partial charge on any atom is -0.399 e. The van der Waals surface area contributed by atoms with E-state index in [1.165, 1.54) is 0 Å². The third-order valence-electron chi connectivity index (χ3n) is 0.560. The van der Waals surface area contributed by atoms with Gasteiger partial charge in [-0.1, -0.05) is 6.92 Å². The molecule has 0 heterocycles. The molecule has 2 nitrogen and oxygen atoms in total. The first-order valence-corrected chi connectivity index (χ1v) is 1.87. The van der Waals surface area contributed by atoms with Crippen LogP contribution in [-0.2, 0) is 5.11 Å². The molecule has 0 aliphatic heterocycles. The largest absolute Gasteiger partial charge is 0.399 e. The first-order chi connectivity index (χ1) is 2.81.